The van der Waals surface area contributed by atoms with E-state index in [1.807, 2.05) is 42.2 Å². The summed E-state index contributed by atoms with van der Waals surface area (Å²) in [7, 11) is 0. The zero-order valence-corrected chi connectivity index (χ0v) is 11.5. The molecule has 1 aromatic rings. The first-order valence-electron chi connectivity index (χ1n) is 6.29. The van der Waals surface area contributed by atoms with Crippen molar-refractivity contribution in [3.8, 4) is 5.75 Å². The van der Waals surface area contributed by atoms with Crippen LogP contribution in [0.2, 0.25) is 0 Å². The molecule has 0 atom stereocenters. The number of benzene rings is 1. The van der Waals surface area contributed by atoms with E-state index in [-0.39, 0.29) is 5.91 Å². The van der Waals surface area contributed by atoms with Gasteiger partial charge in [0.2, 0.25) is 5.91 Å². The van der Waals surface area contributed by atoms with Gasteiger partial charge in [-0.25, -0.2) is 0 Å². The lowest BCUT2D eigenvalue weighted by molar-refractivity contribution is -0.131. The fourth-order valence-electron chi connectivity index (χ4n) is 1.64. The van der Waals surface area contributed by atoms with E-state index in [1.165, 1.54) is 0 Å². The van der Waals surface area contributed by atoms with Crippen LogP contribution in [0.25, 0.3) is 0 Å². The van der Waals surface area contributed by atoms with E-state index in [9.17, 15) is 4.79 Å². The van der Waals surface area contributed by atoms with Crippen molar-refractivity contribution in [2.75, 3.05) is 25.6 Å². The Morgan fingerprint density at radius 1 is 1.33 bits per heavy atom. The summed E-state index contributed by atoms with van der Waals surface area (Å²) in [5, 5.41) is 0. The van der Waals surface area contributed by atoms with Gasteiger partial charge in [-0.15, -0.1) is 11.6 Å². The van der Waals surface area contributed by atoms with Crippen molar-refractivity contribution in [2.45, 2.75) is 19.8 Å². The molecule has 4 heteroatoms. The number of para-hydroxylation sites is 1. The van der Waals surface area contributed by atoms with Crippen molar-refractivity contribution in [3.63, 3.8) is 0 Å². The van der Waals surface area contributed by atoms with Crippen LogP contribution in [0.1, 0.15) is 19.8 Å². The minimum absolute atomic E-state index is 0.124. The summed E-state index contributed by atoms with van der Waals surface area (Å²) < 4.78 is 5.50. The quantitative estimate of drug-likeness (QED) is 0.679. The molecule has 0 aromatic heterocycles. The molecule has 1 amide bonds. The number of alkyl halides is 1. The molecule has 0 saturated heterocycles. The number of hydrogen-bond acceptors (Lipinski definition) is 2. The van der Waals surface area contributed by atoms with Gasteiger partial charge < -0.3 is 9.64 Å². The second-order valence-corrected chi connectivity index (χ2v) is 4.31. The van der Waals surface area contributed by atoms with Crippen LogP contribution >= 0.6 is 11.6 Å². The summed E-state index contributed by atoms with van der Waals surface area (Å²) in [4.78, 5) is 13.7. The van der Waals surface area contributed by atoms with Crippen LogP contribution in [0.5, 0.6) is 5.75 Å². The maximum atomic E-state index is 11.9. The van der Waals surface area contributed by atoms with Crippen LogP contribution in [0.3, 0.4) is 0 Å². The lowest BCUT2D eigenvalue weighted by Crippen LogP contribution is -2.32. The van der Waals surface area contributed by atoms with E-state index in [4.69, 9.17) is 16.3 Å². The molecule has 0 bridgehead atoms. The fourth-order valence-corrected chi connectivity index (χ4v) is 1.76. The lowest BCUT2D eigenvalue weighted by Gasteiger charge is -2.20. The van der Waals surface area contributed by atoms with Gasteiger partial charge in [-0.05, 0) is 25.5 Å². The highest BCUT2D eigenvalue weighted by Gasteiger charge is 2.10. The molecule has 0 fully saturated rings. The standard InChI is InChI=1S/C14H20ClNO2/c1-2-16(11-6-10-15)14(17)9-12-18-13-7-4-3-5-8-13/h3-5,7-8H,2,6,9-12H2,1H3. The number of carbonyl (C=O) groups is 1. The van der Waals surface area contributed by atoms with Crippen molar-refractivity contribution in [3.05, 3.63) is 30.3 Å². The third kappa shape index (κ3) is 5.41. The molecule has 0 aliphatic carbocycles. The molecule has 18 heavy (non-hydrogen) atoms. The molecule has 1 aromatic carbocycles. The number of carbonyl (C=O) groups excluding carboxylic acids is 1. The van der Waals surface area contributed by atoms with Crippen molar-refractivity contribution in [2.24, 2.45) is 0 Å². The third-order valence-electron chi connectivity index (χ3n) is 2.62. The summed E-state index contributed by atoms with van der Waals surface area (Å²) in [5.41, 5.74) is 0. The number of rotatable bonds is 8. The highest BCUT2D eigenvalue weighted by atomic mass is 35.5. The van der Waals surface area contributed by atoms with Crippen molar-refractivity contribution in [1.29, 1.82) is 0 Å². The minimum atomic E-state index is 0.124. The summed E-state index contributed by atoms with van der Waals surface area (Å²) in [5.74, 6) is 1.51. The van der Waals surface area contributed by atoms with Crippen LogP contribution in [-0.2, 0) is 4.79 Å². The van der Waals surface area contributed by atoms with Gasteiger partial charge in [0.05, 0.1) is 13.0 Å². The van der Waals surface area contributed by atoms with Gasteiger partial charge in [0.15, 0.2) is 0 Å². The SMILES string of the molecule is CCN(CCCCl)C(=O)CCOc1ccccc1. The van der Waals surface area contributed by atoms with Crippen molar-refractivity contribution < 1.29 is 9.53 Å². The Morgan fingerprint density at radius 2 is 2.06 bits per heavy atom. The summed E-state index contributed by atoms with van der Waals surface area (Å²) >= 11 is 5.63. The Balaban J connectivity index is 2.27. The predicted octanol–water partition coefficient (Wildman–Crippen LogP) is 2.93. The molecule has 0 saturated carbocycles. The topological polar surface area (TPSA) is 29.5 Å². The molecule has 100 valence electrons. The van der Waals surface area contributed by atoms with Gasteiger partial charge in [0.25, 0.3) is 0 Å². The van der Waals surface area contributed by atoms with Gasteiger partial charge in [-0.2, -0.15) is 0 Å². The van der Waals surface area contributed by atoms with Gasteiger partial charge in [0, 0.05) is 19.0 Å². The molecule has 1 rings (SSSR count). The van der Waals surface area contributed by atoms with Gasteiger partial charge in [-0.3, -0.25) is 4.79 Å². The average molecular weight is 270 g/mol. The van der Waals surface area contributed by atoms with Crippen molar-refractivity contribution in [1.82, 2.24) is 4.90 Å². The zero-order chi connectivity index (χ0) is 13.2. The van der Waals surface area contributed by atoms with Crippen molar-refractivity contribution >= 4 is 17.5 Å². The Morgan fingerprint density at radius 3 is 2.67 bits per heavy atom. The smallest absolute Gasteiger partial charge is 0.225 e. The molecule has 0 spiro atoms. The highest BCUT2D eigenvalue weighted by Crippen LogP contribution is 2.08. The molecular formula is C14H20ClNO2. The molecule has 0 unspecified atom stereocenters. The number of halogens is 1. The van der Waals surface area contributed by atoms with Gasteiger partial charge in [0.1, 0.15) is 5.75 Å². The van der Waals surface area contributed by atoms with E-state index in [0.717, 1.165) is 25.3 Å². The molecule has 0 heterocycles. The summed E-state index contributed by atoms with van der Waals surface area (Å²) in [6, 6.07) is 9.53. The Bertz CT molecular complexity index is 343. The van der Waals surface area contributed by atoms with E-state index >= 15 is 0 Å². The maximum absolute atomic E-state index is 11.9. The van der Waals surface area contributed by atoms with E-state index in [2.05, 4.69) is 0 Å². The van der Waals surface area contributed by atoms with Gasteiger partial charge >= 0.3 is 0 Å². The van der Waals surface area contributed by atoms with E-state index < -0.39 is 0 Å². The van der Waals surface area contributed by atoms with Crippen LogP contribution in [0.15, 0.2) is 30.3 Å². The number of amides is 1. The molecule has 0 aliphatic rings. The molecule has 0 radical (unpaired) electrons. The van der Waals surface area contributed by atoms with Crippen LogP contribution < -0.4 is 4.74 Å². The van der Waals surface area contributed by atoms with E-state index in [0.29, 0.717) is 18.9 Å². The van der Waals surface area contributed by atoms with Crippen LogP contribution in [-0.4, -0.2) is 36.4 Å². The van der Waals surface area contributed by atoms with Crippen LogP contribution in [0, 0.1) is 0 Å². The number of hydrogen-bond donors (Lipinski definition) is 0. The second-order valence-electron chi connectivity index (χ2n) is 3.93. The largest absolute Gasteiger partial charge is 0.493 e. The summed E-state index contributed by atoms with van der Waals surface area (Å²) in [6.45, 7) is 3.84. The normalized spacial score (nSPS) is 10.1. The summed E-state index contributed by atoms with van der Waals surface area (Å²) in [6.07, 6.45) is 1.24. The maximum Gasteiger partial charge on any atom is 0.225 e. The zero-order valence-electron chi connectivity index (χ0n) is 10.8. The number of nitrogens with zero attached hydrogens (tertiary/aromatic N) is 1. The molecule has 3 nitrogen and oxygen atoms in total. The Labute approximate surface area is 114 Å². The molecule has 0 aliphatic heterocycles. The molecule has 0 N–H and O–H groups in total. The first-order chi connectivity index (χ1) is 8.77. The monoisotopic (exact) mass is 269 g/mol. The highest BCUT2D eigenvalue weighted by molar-refractivity contribution is 6.17. The van der Waals surface area contributed by atoms with Gasteiger partial charge in [-0.1, -0.05) is 18.2 Å². The number of ether oxygens (including phenoxy) is 1. The minimum Gasteiger partial charge on any atom is -0.493 e. The Kier molecular flexibility index (Phi) is 7.26. The third-order valence-corrected chi connectivity index (χ3v) is 2.89. The first-order valence-corrected chi connectivity index (χ1v) is 6.83. The Hall–Kier alpha value is -1.22. The van der Waals surface area contributed by atoms with Crippen LogP contribution in [0.4, 0.5) is 0 Å². The predicted molar refractivity (Wildman–Crippen MR) is 74.1 cm³/mol. The van der Waals surface area contributed by atoms with E-state index in [1.54, 1.807) is 0 Å². The first kappa shape index (κ1) is 14.8. The second kappa shape index (κ2) is 8.81. The lowest BCUT2D eigenvalue weighted by atomic mass is 10.3. The fraction of sp³-hybridized carbons (Fsp3) is 0.500. The molecular weight excluding hydrogens is 250 g/mol. The average Bonchev–Trinajstić information content (AvgIpc) is 2.41.